The van der Waals surface area contributed by atoms with E-state index in [1.807, 2.05) is 0 Å². The molecule has 1 N–H and O–H groups in total. The minimum absolute atomic E-state index is 0.129. The second kappa shape index (κ2) is 5.55. The molecule has 116 valence electrons. The van der Waals surface area contributed by atoms with Gasteiger partial charge in [0.05, 0.1) is 5.60 Å². The molecule has 0 radical (unpaired) electrons. The standard InChI is InChI=1S/C14H26N2O3S/c17-14-7-3-2-6-13(14)12-16(11-8-14)20(18,19)15-9-4-1-5-10-15/h13,17H,1-12H2. The number of nitrogens with zero attached hydrogens (tertiary/aromatic N) is 2. The van der Waals surface area contributed by atoms with Gasteiger partial charge in [0, 0.05) is 32.1 Å². The largest absolute Gasteiger partial charge is 0.390 e. The zero-order valence-corrected chi connectivity index (χ0v) is 12.9. The Morgan fingerprint density at radius 3 is 2.40 bits per heavy atom. The van der Waals surface area contributed by atoms with Crippen LogP contribution in [0.25, 0.3) is 0 Å². The summed E-state index contributed by atoms with van der Waals surface area (Å²) < 4.78 is 28.6. The molecule has 0 aromatic rings. The van der Waals surface area contributed by atoms with Crippen LogP contribution in [0.4, 0.5) is 0 Å². The second-order valence-corrected chi connectivity index (χ2v) is 8.55. The molecule has 0 spiro atoms. The van der Waals surface area contributed by atoms with E-state index >= 15 is 0 Å². The quantitative estimate of drug-likeness (QED) is 0.837. The van der Waals surface area contributed by atoms with Crippen molar-refractivity contribution in [1.29, 1.82) is 0 Å². The van der Waals surface area contributed by atoms with Crippen molar-refractivity contribution in [3.05, 3.63) is 0 Å². The Labute approximate surface area is 122 Å². The summed E-state index contributed by atoms with van der Waals surface area (Å²) in [5.41, 5.74) is -0.605. The lowest BCUT2D eigenvalue weighted by molar-refractivity contribution is -0.0823. The van der Waals surface area contributed by atoms with E-state index in [1.54, 1.807) is 8.61 Å². The first kappa shape index (κ1) is 14.8. The van der Waals surface area contributed by atoms with E-state index in [4.69, 9.17) is 0 Å². The number of hydrogen-bond donors (Lipinski definition) is 1. The van der Waals surface area contributed by atoms with Gasteiger partial charge in [0.1, 0.15) is 0 Å². The van der Waals surface area contributed by atoms with E-state index in [-0.39, 0.29) is 5.92 Å². The summed E-state index contributed by atoms with van der Waals surface area (Å²) in [5.74, 6) is 0.129. The maximum Gasteiger partial charge on any atom is 0.281 e. The third kappa shape index (κ3) is 2.63. The van der Waals surface area contributed by atoms with Gasteiger partial charge >= 0.3 is 0 Å². The average molecular weight is 302 g/mol. The fourth-order valence-corrected chi connectivity index (χ4v) is 5.75. The predicted octanol–water partition coefficient (Wildman–Crippen LogP) is 1.34. The van der Waals surface area contributed by atoms with E-state index in [0.717, 1.165) is 44.9 Å². The summed E-state index contributed by atoms with van der Waals surface area (Å²) >= 11 is 0. The molecule has 2 unspecified atom stereocenters. The molecular formula is C14H26N2O3S. The summed E-state index contributed by atoms with van der Waals surface area (Å²) in [6.45, 7) is 2.31. The maximum absolute atomic E-state index is 12.7. The van der Waals surface area contributed by atoms with Gasteiger partial charge in [0.2, 0.25) is 0 Å². The van der Waals surface area contributed by atoms with Crippen LogP contribution in [0.15, 0.2) is 0 Å². The molecule has 3 rings (SSSR count). The summed E-state index contributed by atoms with van der Waals surface area (Å²) in [4.78, 5) is 0. The molecular weight excluding hydrogens is 276 g/mol. The summed E-state index contributed by atoms with van der Waals surface area (Å²) in [5, 5.41) is 10.6. The lowest BCUT2D eigenvalue weighted by Gasteiger charge is -2.47. The van der Waals surface area contributed by atoms with Crippen LogP contribution in [0.1, 0.15) is 51.4 Å². The van der Waals surface area contributed by atoms with Crippen molar-refractivity contribution in [3.8, 4) is 0 Å². The fourth-order valence-electron chi connectivity index (χ4n) is 4.01. The predicted molar refractivity (Wildman–Crippen MR) is 77.4 cm³/mol. The highest BCUT2D eigenvalue weighted by Crippen LogP contribution is 2.40. The third-order valence-electron chi connectivity index (χ3n) is 5.36. The molecule has 2 saturated heterocycles. The van der Waals surface area contributed by atoms with Gasteiger partial charge in [-0.2, -0.15) is 17.0 Å². The van der Waals surface area contributed by atoms with Crippen molar-refractivity contribution >= 4 is 10.2 Å². The Morgan fingerprint density at radius 1 is 0.900 bits per heavy atom. The van der Waals surface area contributed by atoms with Gasteiger partial charge in [-0.3, -0.25) is 0 Å². The molecule has 0 aromatic heterocycles. The molecule has 1 aliphatic carbocycles. The topological polar surface area (TPSA) is 60.9 Å². The first-order chi connectivity index (χ1) is 9.52. The molecule has 6 heteroatoms. The lowest BCUT2D eigenvalue weighted by Crippen LogP contribution is -2.57. The first-order valence-electron chi connectivity index (χ1n) is 8.00. The summed E-state index contributed by atoms with van der Waals surface area (Å²) in [7, 11) is -3.31. The number of rotatable bonds is 2. The number of fused-ring (bicyclic) bond motifs is 1. The second-order valence-electron chi connectivity index (χ2n) is 6.62. The Bertz CT molecular complexity index is 447. The van der Waals surface area contributed by atoms with Crippen molar-refractivity contribution in [2.75, 3.05) is 26.2 Å². The number of hydrogen-bond acceptors (Lipinski definition) is 3. The highest BCUT2D eigenvalue weighted by molar-refractivity contribution is 7.86. The molecule has 1 saturated carbocycles. The van der Waals surface area contributed by atoms with Crippen molar-refractivity contribution < 1.29 is 13.5 Å². The van der Waals surface area contributed by atoms with Crippen LogP contribution in [0.3, 0.4) is 0 Å². The van der Waals surface area contributed by atoms with Gasteiger partial charge in [-0.15, -0.1) is 0 Å². The smallest absolute Gasteiger partial charge is 0.281 e. The minimum atomic E-state index is -3.31. The van der Waals surface area contributed by atoms with Crippen LogP contribution >= 0.6 is 0 Å². The minimum Gasteiger partial charge on any atom is -0.390 e. The van der Waals surface area contributed by atoms with Crippen molar-refractivity contribution in [1.82, 2.24) is 8.61 Å². The molecule has 0 amide bonds. The van der Waals surface area contributed by atoms with Gasteiger partial charge in [0.25, 0.3) is 10.2 Å². The zero-order valence-electron chi connectivity index (χ0n) is 12.1. The normalized spacial score (nSPS) is 37.5. The highest BCUT2D eigenvalue weighted by Gasteiger charge is 2.46. The van der Waals surface area contributed by atoms with E-state index in [9.17, 15) is 13.5 Å². The molecule has 0 bridgehead atoms. The van der Waals surface area contributed by atoms with Crippen LogP contribution in [0, 0.1) is 5.92 Å². The number of piperidine rings is 2. The van der Waals surface area contributed by atoms with E-state index < -0.39 is 15.8 Å². The molecule has 5 nitrogen and oxygen atoms in total. The molecule has 2 atom stereocenters. The lowest BCUT2D eigenvalue weighted by atomic mass is 9.72. The SMILES string of the molecule is O=S(=O)(N1CCCCC1)N1CCC2(O)CCCCC2C1. The van der Waals surface area contributed by atoms with Crippen molar-refractivity contribution in [3.63, 3.8) is 0 Å². The van der Waals surface area contributed by atoms with Crippen LogP contribution in [0.5, 0.6) is 0 Å². The van der Waals surface area contributed by atoms with Crippen molar-refractivity contribution in [2.24, 2.45) is 5.92 Å². The van der Waals surface area contributed by atoms with Gasteiger partial charge in [-0.1, -0.05) is 19.3 Å². The average Bonchev–Trinajstić information content (AvgIpc) is 2.47. The monoisotopic (exact) mass is 302 g/mol. The van der Waals surface area contributed by atoms with Gasteiger partial charge in [-0.25, -0.2) is 0 Å². The molecule has 0 aromatic carbocycles. The van der Waals surface area contributed by atoms with Crippen LogP contribution in [-0.4, -0.2) is 53.9 Å². The summed E-state index contributed by atoms with van der Waals surface area (Å²) in [6, 6.07) is 0. The zero-order chi connectivity index (χ0) is 14.2. The van der Waals surface area contributed by atoms with E-state index in [2.05, 4.69) is 0 Å². The van der Waals surface area contributed by atoms with Crippen LogP contribution in [0.2, 0.25) is 0 Å². The molecule has 3 aliphatic rings. The Morgan fingerprint density at radius 2 is 1.65 bits per heavy atom. The van der Waals surface area contributed by atoms with E-state index in [1.165, 1.54) is 0 Å². The van der Waals surface area contributed by atoms with Gasteiger partial charge in [-0.05, 0) is 32.1 Å². The summed E-state index contributed by atoms with van der Waals surface area (Å²) in [6.07, 6.45) is 7.67. The van der Waals surface area contributed by atoms with Gasteiger partial charge in [0.15, 0.2) is 0 Å². The Balaban J connectivity index is 1.71. The molecule has 20 heavy (non-hydrogen) atoms. The Kier molecular flexibility index (Phi) is 4.10. The van der Waals surface area contributed by atoms with Gasteiger partial charge < -0.3 is 5.11 Å². The van der Waals surface area contributed by atoms with Crippen molar-refractivity contribution in [2.45, 2.75) is 57.0 Å². The maximum atomic E-state index is 12.7. The molecule has 2 heterocycles. The third-order valence-corrected chi connectivity index (χ3v) is 7.36. The number of aliphatic hydroxyl groups is 1. The Hall–Kier alpha value is -0.170. The first-order valence-corrected chi connectivity index (χ1v) is 9.40. The van der Waals surface area contributed by atoms with Crippen LogP contribution in [-0.2, 0) is 10.2 Å². The molecule has 3 fully saturated rings. The van der Waals surface area contributed by atoms with E-state index in [0.29, 0.717) is 32.6 Å². The molecule has 2 aliphatic heterocycles. The fraction of sp³-hybridized carbons (Fsp3) is 1.00. The highest BCUT2D eigenvalue weighted by atomic mass is 32.2. The van der Waals surface area contributed by atoms with Crippen LogP contribution < -0.4 is 0 Å².